The second kappa shape index (κ2) is 8.71. The number of nitrogens with zero attached hydrogens (tertiary/aromatic N) is 1. The minimum Gasteiger partial charge on any atom is -0.490 e. The van der Waals surface area contributed by atoms with Gasteiger partial charge in [0.15, 0.2) is 0 Å². The number of aliphatic hydroxyl groups is 1. The van der Waals surface area contributed by atoms with E-state index in [9.17, 15) is 9.90 Å². The van der Waals surface area contributed by atoms with Crippen molar-refractivity contribution in [2.75, 3.05) is 13.2 Å². The molecule has 0 heterocycles. The van der Waals surface area contributed by atoms with Gasteiger partial charge in [0.25, 0.3) is 0 Å². The normalized spacial score (nSPS) is 13.1. The first kappa shape index (κ1) is 19.2. The zero-order valence-corrected chi connectivity index (χ0v) is 14.2. The van der Waals surface area contributed by atoms with E-state index in [4.69, 9.17) is 22.1 Å². The van der Waals surface area contributed by atoms with Crippen LogP contribution < -0.4 is 21.2 Å². The third-order valence-corrected chi connectivity index (χ3v) is 2.88. The number of nitrogens with two attached hydrogens (primary N) is 1. The first-order valence-corrected chi connectivity index (χ1v) is 7.49. The van der Waals surface area contributed by atoms with E-state index in [1.807, 2.05) is 20.8 Å². The van der Waals surface area contributed by atoms with Crippen molar-refractivity contribution in [3.63, 3.8) is 0 Å². The summed E-state index contributed by atoms with van der Waals surface area (Å²) in [5.74, 6) is 0.485. The Morgan fingerprint density at radius 1 is 1.52 bits per heavy atom. The number of aliphatic hydroxyl groups excluding tert-OH is 1. The van der Waals surface area contributed by atoms with Gasteiger partial charge >= 0.3 is 6.03 Å². The van der Waals surface area contributed by atoms with Gasteiger partial charge in [-0.3, -0.25) is 0 Å². The molecule has 0 aliphatic heterocycles. The first-order chi connectivity index (χ1) is 10.7. The topological polar surface area (TPSA) is 109 Å². The average Bonchev–Trinajstić information content (AvgIpc) is 2.43. The molecule has 0 aliphatic carbocycles. The van der Waals surface area contributed by atoms with E-state index in [2.05, 4.69) is 15.8 Å². The zero-order valence-electron chi connectivity index (χ0n) is 13.5. The maximum absolute atomic E-state index is 10.6. The Hall–Kier alpha value is -1.83. The largest absolute Gasteiger partial charge is 0.490 e. The molecule has 0 aromatic heterocycles. The second-order valence-corrected chi connectivity index (χ2v) is 6.45. The molecule has 7 nitrogen and oxygen atoms in total. The van der Waals surface area contributed by atoms with Crippen LogP contribution in [0.5, 0.6) is 5.75 Å². The highest BCUT2D eigenvalue weighted by Crippen LogP contribution is 2.21. The Labute approximate surface area is 140 Å². The van der Waals surface area contributed by atoms with E-state index < -0.39 is 12.1 Å². The Kier molecular flexibility index (Phi) is 7.28. The molecule has 23 heavy (non-hydrogen) atoms. The molecule has 0 spiro atoms. The van der Waals surface area contributed by atoms with Gasteiger partial charge in [-0.05, 0) is 39.0 Å². The molecule has 8 heteroatoms. The summed E-state index contributed by atoms with van der Waals surface area (Å²) in [6.45, 7) is 6.55. The summed E-state index contributed by atoms with van der Waals surface area (Å²) >= 11 is 5.93. The molecule has 0 aliphatic rings. The number of hydrogen-bond donors (Lipinski definition) is 4. The summed E-state index contributed by atoms with van der Waals surface area (Å²) < 4.78 is 5.59. The van der Waals surface area contributed by atoms with Crippen LogP contribution in [0.2, 0.25) is 5.02 Å². The van der Waals surface area contributed by atoms with Crippen molar-refractivity contribution in [1.82, 2.24) is 10.7 Å². The van der Waals surface area contributed by atoms with Crippen molar-refractivity contribution in [1.29, 1.82) is 0 Å². The molecule has 1 aromatic carbocycles. The van der Waals surface area contributed by atoms with Crippen LogP contribution in [-0.4, -0.2) is 42.1 Å². The number of urea groups is 1. The number of hydrazone groups is 1. The summed E-state index contributed by atoms with van der Waals surface area (Å²) in [5, 5.41) is 17.3. The standard InChI is InChI=1S/C15H23ClN4O3/c1-15(2,3)18-8-12(21)9-23-13-5-4-11(16)6-10(13)7-19-20-14(17)22/h4-7,12,18,21H,8-9H2,1-3H3,(H3,17,20,22)/b19-7+. The van der Waals surface area contributed by atoms with Crippen LogP contribution in [0.4, 0.5) is 4.79 Å². The van der Waals surface area contributed by atoms with E-state index >= 15 is 0 Å². The van der Waals surface area contributed by atoms with Crippen molar-refractivity contribution in [3.8, 4) is 5.75 Å². The molecule has 1 aromatic rings. The molecule has 0 saturated carbocycles. The smallest absolute Gasteiger partial charge is 0.332 e. The van der Waals surface area contributed by atoms with E-state index in [1.165, 1.54) is 6.21 Å². The van der Waals surface area contributed by atoms with Gasteiger partial charge in [0, 0.05) is 22.7 Å². The predicted octanol–water partition coefficient (Wildman–Crippen LogP) is 1.47. The minimum absolute atomic E-state index is 0.0838. The summed E-state index contributed by atoms with van der Waals surface area (Å²) in [5.41, 5.74) is 7.50. The lowest BCUT2D eigenvalue weighted by molar-refractivity contribution is 0.1000. The van der Waals surface area contributed by atoms with E-state index in [-0.39, 0.29) is 12.1 Å². The highest BCUT2D eigenvalue weighted by molar-refractivity contribution is 6.30. The lowest BCUT2D eigenvalue weighted by Crippen LogP contribution is -2.42. The Morgan fingerprint density at radius 3 is 2.83 bits per heavy atom. The lowest BCUT2D eigenvalue weighted by atomic mass is 10.1. The highest BCUT2D eigenvalue weighted by atomic mass is 35.5. The molecule has 0 saturated heterocycles. The molecule has 1 rings (SSSR count). The van der Waals surface area contributed by atoms with Crippen LogP contribution in [0.25, 0.3) is 0 Å². The molecule has 2 amide bonds. The molecule has 5 N–H and O–H groups in total. The number of nitrogens with one attached hydrogen (secondary N) is 2. The van der Waals surface area contributed by atoms with Gasteiger partial charge in [-0.25, -0.2) is 10.2 Å². The number of ether oxygens (including phenoxy) is 1. The Morgan fingerprint density at radius 2 is 2.22 bits per heavy atom. The number of benzene rings is 1. The second-order valence-electron chi connectivity index (χ2n) is 6.01. The fraction of sp³-hybridized carbons (Fsp3) is 0.467. The fourth-order valence-electron chi connectivity index (χ4n) is 1.59. The maximum atomic E-state index is 10.6. The number of β-amino-alcohol motifs (C(OH)–C–C–N with tert-alkyl or cyclic N) is 1. The van der Waals surface area contributed by atoms with E-state index in [0.29, 0.717) is 22.9 Å². The Bertz CT molecular complexity index is 558. The van der Waals surface area contributed by atoms with Crippen LogP contribution in [0.1, 0.15) is 26.3 Å². The molecule has 1 atom stereocenters. The van der Waals surface area contributed by atoms with Gasteiger partial charge in [-0.15, -0.1) is 0 Å². The average molecular weight is 343 g/mol. The van der Waals surface area contributed by atoms with Gasteiger partial charge in [0.05, 0.1) is 6.21 Å². The first-order valence-electron chi connectivity index (χ1n) is 7.11. The van der Waals surface area contributed by atoms with E-state index in [1.54, 1.807) is 18.2 Å². The summed E-state index contributed by atoms with van der Waals surface area (Å²) in [7, 11) is 0. The third-order valence-electron chi connectivity index (χ3n) is 2.65. The van der Waals surface area contributed by atoms with Crippen molar-refractivity contribution >= 4 is 23.8 Å². The minimum atomic E-state index is -0.769. The van der Waals surface area contributed by atoms with Gasteiger partial charge in [0.1, 0.15) is 18.5 Å². The number of carbonyl (C=O) groups excluding carboxylic acids is 1. The number of halogens is 1. The maximum Gasteiger partial charge on any atom is 0.332 e. The molecule has 0 fully saturated rings. The molecule has 128 valence electrons. The van der Waals surface area contributed by atoms with Crippen LogP contribution in [0.15, 0.2) is 23.3 Å². The van der Waals surface area contributed by atoms with Crippen LogP contribution >= 0.6 is 11.6 Å². The van der Waals surface area contributed by atoms with Crippen LogP contribution in [0, 0.1) is 0 Å². The van der Waals surface area contributed by atoms with Crippen molar-refractivity contribution in [3.05, 3.63) is 28.8 Å². The lowest BCUT2D eigenvalue weighted by Gasteiger charge is -2.23. The quantitative estimate of drug-likeness (QED) is 0.444. The van der Waals surface area contributed by atoms with Crippen molar-refractivity contribution in [2.24, 2.45) is 10.8 Å². The Balaban J connectivity index is 2.65. The van der Waals surface area contributed by atoms with Gasteiger partial charge in [0.2, 0.25) is 0 Å². The number of hydrogen-bond acceptors (Lipinski definition) is 5. The third kappa shape index (κ3) is 8.39. The van der Waals surface area contributed by atoms with Crippen molar-refractivity contribution in [2.45, 2.75) is 32.4 Å². The number of amides is 2. The summed E-state index contributed by atoms with van der Waals surface area (Å²) in [6, 6.07) is 4.19. The SMILES string of the molecule is CC(C)(C)NCC(O)COc1ccc(Cl)cc1/C=N/NC(N)=O. The monoisotopic (exact) mass is 342 g/mol. The molecular weight excluding hydrogens is 320 g/mol. The number of primary amides is 1. The van der Waals surface area contributed by atoms with Gasteiger partial charge < -0.3 is 20.9 Å². The van der Waals surface area contributed by atoms with Crippen LogP contribution in [0.3, 0.4) is 0 Å². The molecule has 0 bridgehead atoms. The molecule has 0 radical (unpaired) electrons. The van der Waals surface area contributed by atoms with Gasteiger partial charge in [-0.1, -0.05) is 11.6 Å². The number of carbonyl (C=O) groups is 1. The predicted molar refractivity (Wildman–Crippen MR) is 91.0 cm³/mol. The summed E-state index contributed by atoms with van der Waals surface area (Å²) in [6.07, 6.45) is 0.699. The van der Waals surface area contributed by atoms with E-state index in [0.717, 1.165) is 0 Å². The molecule has 1 unspecified atom stereocenters. The highest BCUT2D eigenvalue weighted by Gasteiger charge is 2.13. The fourth-order valence-corrected chi connectivity index (χ4v) is 1.77. The van der Waals surface area contributed by atoms with Crippen LogP contribution in [-0.2, 0) is 0 Å². The zero-order chi connectivity index (χ0) is 17.5. The van der Waals surface area contributed by atoms with Crippen molar-refractivity contribution < 1.29 is 14.6 Å². The summed E-state index contributed by atoms with van der Waals surface area (Å²) in [4.78, 5) is 10.6. The van der Waals surface area contributed by atoms with Gasteiger partial charge in [-0.2, -0.15) is 5.10 Å². The molecular formula is C15H23ClN4O3. The number of rotatable bonds is 7.